The van der Waals surface area contributed by atoms with Gasteiger partial charge in [-0.3, -0.25) is 4.79 Å². The molecule has 1 unspecified atom stereocenters. The Bertz CT molecular complexity index is 526. The summed E-state index contributed by atoms with van der Waals surface area (Å²) in [5.41, 5.74) is 8.47. The third-order valence-corrected chi connectivity index (χ3v) is 4.22. The Morgan fingerprint density at radius 2 is 2.19 bits per heavy atom. The first-order valence-corrected chi connectivity index (χ1v) is 7.57. The summed E-state index contributed by atoms with van der Waals surface area (Å²) in [5, 5.41) is 0. The highest BCUT2D eigenvalue weighted by atomic mass is 16.5. The fourth-order valence-corrected chi connectivity index (χ4v) is 3.00. The van der Waals surface area contributed by atoms with Crippen molar-refractivity contribution in [1.82, 2.24) is 4.90 Å². The van der Waals surface area contributed by atoms with Gasteiger partial charge in [0.05, 0.1) is 13.2 Å². The SMILES string of the molecule is CC(Oc1ccc2c(c1)CC[C@@H]2N)C(=O)N1CCOCC1. The summed E-state index contributed by atoms with van der Waals surface area (Å²) in [6.45, 7) is 4.30. The molecular formula is C16H22N2O3. The van der Waals surface area contributed by atoms with E-state index < -0.39 is 6.10 Å². The molecule has 21 heavy (non-hydrogen) atoms. The number of aryl methyl sites for hydroxylation is 1. The average molecular weight is 290 g/mol. The van der Waals surface area contributed by atoms with Crippen LogP contribution < -0.4 is 10.5 Å². The fraction of sp³-hybridized carbons (Fsp3) is 0.562. The molecule has 1 aliphatic heterocycles. The molecule has 1 heterocycles. The first-order valence-electron chi connectivity index (χ1n) is 7.57. The van der Waals surface area contributed by atoms with Gasteiger partial charge in [-0.15, -0.1) is 0 Å². The molecule has 2 atom stereocenters. The van der Waals surface area contributed by atoms with Crippen molar-refractivity contribution < 1.29 is 14.3 Å². The molecule has 1 aromatic carbocycles. The quantitative estimate of drug-likeness (QED) is 0.910. The summed E-state index contributed by atoms with van der Waals surface area (Å²) in [4.78, 5) is 14.1. The Morgan fingerprint density at radius 1 is 1.43 bits per heavy atom. The van der Waals surface area contributed by atoms with E-state index in [9.17, 15) is 4.79 Å². The number of fused-ring (bicyclic) bond motifs is 1. The van der Waals surface area contributed by atoms with E-state index in [1.165, 1.54) is 11.1 Å². The maximum absolute atomic E-state index is 12.3. The van der Waals surface area contributed by atoms with E-state index in [2.05, 4.69) is 0 Å². The number of nitrogens with zero attached hydrogens (tertiary/aromatic N) is 1. The second-order valence-electron chi connectivity index (χ2n) is 5.70. The maximum Gasteiger partial charge on any atom is 0.263 e. The number of hydrogen-bond donors (Lipinski definition) is 1. The molecule has 0 radical (unpaired) electrons. The minimum Gasteiger partial charge on any atom is -0.481 e. The van der Waals surface area contributed by atoms with Crippen molar-refractivity contribution >= 4 is 5.91 Å². The highest BCUT2D eigenvalue weighted by Crippen LogP contribution is 2.32. The zero-order chi connectivity index (χ0) is 14.8. The van der Waals surface area contributed by atoms with E-state index in [0.717, 1.165) is 18.6 Å². The van der Waals surface area contributed by atoms with E-state index in [1.54, 1.807) is 11.8 Å². The molecular weight excluding hydrogens is 268 g/mol. The minimum atomic E-state index is -0.476. The Hall–Kier alpha value is -1.59. The van der Waals surface area contributed by atoms with Crippen LogP contribution in [0.2, 0.25) is 0 Å². The van der Waals surface area contributed by atoms with E-state index in [-0.39, 0.29) is 11.9 Å². The van der Waals surface area contributed by atoms with Crippen molar-refractivity contribution in [3.63, 3.8) is 0 Å². The van der Waals surface area contributed by atoms with Gasteiger partial charge in [-0.1, -0.05) is 6.07 Å². The number of rotatable bonds is 3. The molecule has 1 aromatic rings. The predicted molar refractivity (Wildman–Crippen MR) is 79.2 cm³/mol. The lowest BCUT2D eigenvalue weighted by molar-refractivity contribution is -0.142. The Balaban J connectivity index is 1.64. The van der Waals surface area contributed by atoms with Crippen LogP contribution in [0.15, 0.2) is 18.2 Å². The molecule has 3 rings (SSSR count). The van der Waals surface area contributed by atoms with Crippen LogP contribution >= 0.6 is 0 Å². The van der Waals surface area contributed by atoms with E-state index in [0.29, 0.717) is 26.3 Å². The van der Waals surface area contributed by atoms with Gasteiger partial charge in [0.15, 0.2) is 6.10 Å². The first-order chi connectivity index (χ1) is 10.1. The van der Waals surface area contributed by atoms with Gasteiger partial charge in [0.25, 0.3) is 5.91 Å². The molecule has 2 aliphatic rings. The number of hydrogen-bond acceptors (Lipinski definition) is 4. The van der Waals surface area contributed by atoms with Crippen LogP contribution in [-0.4, -0.2) is 43.2 Å². The van der Waals surface area contributed by atoms with Crippen molar-refractivity contribution in [3.8, 4) is 5.75 Å². The minimum absolute atomic E-state index is 0.0236. The van der Waals surface area contributed by atoms with Gasteiger partial charge in [-0.2, -0.15) is 0 Å². The fourth-order valence-electron chi connectivity index (χ4n) is 3.00. The van der Waals surface area contributed by atoms with Gasteiger partial charge >= 0.3 is 0 Å². The summed E-state index contributed by atoms with van der Waals surface area (Å²) in [6.07, 6.45) is 1.50. The second-order valence-corrected chi connectivity index (χ2v) is 5.70. The lowest BCUT2D eigenvalue weighted by atomic mass is 10.1. The van der Waals surface area contributed by atoms with Crippen molar-refractivity contribution in [3.05, 3.63) is 29.3 Å². The van der Waals surface area contributed by atoms with Crippen molar-refractivity contribution in [2.75, 3.05) is 26.3 Å². The van der Waals surface area contributed by atoms with Crippen molar-refractivity contribution in [2.45, 2.75) is 31.9 Å². The van der Waals surface area contributed by atoms with Gasteiger partial charge in [0, 0.05) is 19.1 Å². The van der Waals surface area contributed by atoms with Crippen LogP contribution in [0.5, 0.6) is 5.75 Å². The van der Waals surface area contributed by atoms with Gasteiger partial charge in [0.2, 0.25) is 0 Å². The van der Waals surface area contributed by atoms with E-state index >= 15 is 0 Å². The van der Waals surface area contributed by atoms with Crippen LogP contribution in [0.3, 0.4) is 0 Å². The summed E-state index contributed by atoms with van der Waals surface area (Å²) >= 11 is 0. The number of nitrogens with two attached hydrogens (primary N) is 1. The van der Waals surface area contributed by atoms with Crippen LogP contribution in [0, 0.1) is 0 Å². The molecule has 1 amide bonds. The number of carbonyl (C=O) groups is 1. The topological polar surface area (TPSA) is 64.8 Å². The number of ether oxygens (including phenoxy) is 2. The predicted octanol–water partition coefficient (Wildman–Crippen LogP) is 1.26. The summed E-state index contributed by atoms with van der Waals surface area (Å²) in [5.74, 6) is 0.771. The smallest absolute Gasteiger partial charge is 0.263 e. The molecule has 114 valence electrons. The zero-order valence-electron chi connectivity index (χ0n) is 12.4. The van der Waals surface area contributed by atoms with E-state index in [4.69, 9.17) is 15.2 Å². The number of morpholine rings is 1. The average Bonchev–Trinajstić information content (AvgIpc) is 2.88. The van der Waals surface area contributed by atoms with Crippen molar-refractivity contribution in [2.24, 2.45) is 5.73 Å². The maximum atomic E-state index is 12.3. The van der Waals surface area contributed by atoms with Crippen molar-refractivity contribution in [1.29, 1.82) is 0 Å². The van der Waals surface area contributed by atoms with Crippen LogP contribution in [-0.2, 0) is 16.0 Å². The molecule has 0 saturated carbocycles. The molecule has 1 aliphatic carbocycles. The lowest BCUT2D eigenvalue weighted by Crippen LogP contribution is -2.46. The Morgan fingerprint density at radius 3 is 2.95 bits per heavy atom. The molecule has 0 aromatic heterocycles. The van der Waals surface area contributed by atoms with Gasteiger partial charge in [0.1, 0.15) is 5.75 Å². The zero-order valence-corrected chi connectivity index (χ0v) is 12.4. The van der Waals surface area contributed by atoms with Crippen LogP contribution in [0.1, 0.15) is 30.5 Å². The molecule has 1 fully saturated rings. The molecule has 0 bridgehead atoms. The van der Waals surface area contributed by atoms with Gasteiger partial charge in [-0.05, 0) is 43.0 Å². The Labute approximate surface area is 125 Å². The number of carbonyl (C=O) groups excluding carboxylic acids is 1. The monoisotopic (exact) mass is 290 g/mol. The standard InChI is InChI=1S/C16H22N2O3/c1-11(16(19)18-6-8-20-9-7-18)21-13-3-4-14-12(10-13)2-5-15(14)17/h3-4,10-11,15H,2,5-9,17H2,1H3/t11?,15-/m0/s1. The van der Waals surface area contributed by atoms with Gasteiger partial charge in [-0.25, -0.2) is 0 Å². The molecule has 5 heteroatoms. The van der Waals surface area contributed by atoms with E-state index in [1.807, 2.05) is 18.2 Å². The second kappa shape index (κ2) is 6.03. The highest BCUT2D eigenvalue weighted by molar-refractivity contribution is 5.81. The summed E-state index contributed by atoms with van der Waals surface area (Å²) in [6, 6.07) is 6.09. The summed E-state index contributed by atoms with van der Waals surface area (Å²) < 4.78 is 11.1. The van der Waals surface area contributed by atoms with Crippen LogP contribution in [0.4, 0.5) is 0 Å². The molecule has 0 spiro atoms. The van der Waals surface area contributed by atoms with Gasteiger partial charge < -0.3 is 20.1 Å². The molecule has 1 saturated heterocycles. The number of benzene rings is 1. The normalized spacial score (nSPS) is 22.8. The third kappa shape index (κ3) is 3.04. The molecule has 5 nitrogen and oxygen atoms in total. The Kier molecular flexibility index (Phi) is 4.12. The largest absolute Gasteiger partial charge is 0.481 e. The van der Waals surface area contributed by atoms with Crippen LogP contribution in [0.25, 0.3) is 0 Å². The lowest BCUT2D eigenvalue weighted by Gasteiger charge is -2.29. The first kappa shape index (κ1) is 14.4. The highest BCUT2D eigenvalue weighted by Gasteiger charge is 2.25. The number of amides is 1. The molecule has 2 N–H and O–H groups in total. The summed E-state index contributed by atoms with van der Waals surface area (Å²) in [7, 11) is 0. The third-order valence-electron chi connectivity index (χ3n) is 4.22.